The van der Waals surface area contributed by atoms with Crippen LogP contribution in [0.4, 0.5) is 4.39 Å². The van der Waals surface area contributed by atoms with Crippen LogP contribution in [0.5, 0.6) is 0 Å². The number of aromatic nitrogens is 2. The highest BCUT2D eigenvalue weighted by molar-refractivity contribution is 5.95. The van der Waals surface area contributed by atoms with Crippen molar-refractivity contribution in [1.82, 2.24) is 20.2 Å². The average Bonchev–Trinajstić information content (AvgIpc) is 3.42. The molecule has 9 heteroatoms. The summed E-state index contributed by atoms with van der Waals surface area (Å²) in [7, 11) is 0. The van der Waals surface area contributed by atoms with Crippen LogP contribution >= 0.6 is 0 Å². The minimum Gasteiger partial charge on any atom is -0.369 e. The van der Waals surface area contributed by atoms with Crippen LogP contribution in [-0.4, -0.2) is 45.2 Å². The summed E-state index contributed by atoms with van der Waals surface area (Å²) >= 11 is 0. The highest BCUT2D eigenvalue weighted by atomic mass is 19.1. The van der Waals surface area contributed by atoms with Crippen LogP contribution in [0.1, 0.15) is 71.7 Å². The molecule has 1 saturated heterocycles. The molecule has 2 aliphatic rings. The van der Waals surface area contributed by atoms with E-state index < -0.39 is 35.0 Å². The number of nitrogens with zero attached hydrogens (tertiary/aromatic N) is 2. The maximum atomic E-state index is 14.1. The topological polar surface area (TPSA) is 121 Å². The van der Waals surface area contributed by atoms with Crippen LogP contribution in [0.2, 0.25) is 0 Å². The number of nitrogens with two attached hydrogens (primary N) is 1. The molecule has 1 aliphatic carbocycles. The van der Waals surface area contributed by atoms with Gasteiger partial charge >= 0.3 is 0 Å². The molecule has 4 rings (SSSR count). The van der Waals surface area contributed by atoms with E-state index in [0.717, 1.165) is 19.3 Å². The number of carbonyl (C=O) groups excluding carboxylic acids is 3. The first kappa shape index (κ1) is 25.1. The number of hydrogen-bond donors (Lipinski definition) is 3. The molecule has 190 valence electrons. The van der Waals surface area contributed by atoms with Crippen LogP contribution in [0, 0.1) is 29.0 Å². The molecule has 1 aliphatic heterocycles. The van der Waals surface area contributed by atoms with E-state index in [4.69, 9.17) is 5.73 Å². The minimum atomic E-state index is -1.05. The van der Waals surface area contributed by atoms with E-state index in [1.54, 1.807) is 19.1 Å². The maximum Gasteiger partial charge on any atom is 0.225 e. The van der Waals surface area contributed by atoms with Gasteiger partial charge in [0.25, 0.3) is 0 Å². The third kappa shape index (κ3) is 4.65. The zero-order valence-corrected chi connectivity index (χ0v) is 20.9. The number of imidazole rings is 1. The fourth-order valence-electron chi connectivity index (χ4n) is 5.86. The standard InChI is InChI=1S/C26H36FN5O3/c1-14(2)18-13-26(18,25(28)35)17(12-21(33)32-11-6-5-8-15(32)3)24(34)29-16(4)23-30-20-10-7-9-19(27)22(20)31-23/h7,9-10,14-18H,5-6,8,11-13H2,1-4H3,(H2,28,35)(H,29,34)(H,30,31)/t15-,16-,17+,18?,26?/m0/s1. The molecule has 1 aromatic carbocycles. The van der Waals surface area contributed by atoms with Crippen molar-refractivity contribution in [2.45, 2.75) is 71.9 Å². The van der Waals surface area contributed by atoms with E-state index in [2.05, 4.69) is 15.3 Å². The molecule has 2 aromatic rings. The van der Waals surface area contributed by atoms with Crippen molar-refractivity contribution in [2.24, 2.45) is 28.9 Å². The second-order valence-electron chi connectivity index (χ2n) is 10.6. The van der Waals surface area contributed by atoms with Crippen molar-refractivity contribution >= 4 is 28.8 Å². The number of carbonyl (C=O) groups is 3. The van der Waals surface area contributed by atoms with Gasteiger partial charge in [0.15, 0.2) is 5.82 Å². The van der Waals surface area contributed by atoms with Gasteiger partial charge in [-0.05, 0) is 63.5 Å². The number of halogens is 1. The average molecular weight is 486 g/mol. The second-order valence-corrected chi connectivity index (χ2v) is 10.6. The van der Waals surface area contributed by atoms with Gasteiger partial charge in [0.05, 0.1) is 22.9 Å². The van der Waals surface area contributed by atoms with Crippen molar-refractivity contribution in [2.75, 3.05) is 6.54 Å². The number of fused-ring (bicyclic) bond motifs is 1. The lowest BCUT2D eigenvalue weighted by atomic mass is 9.80. The predicted molar refractivity (Wildman–Crippen MR) is 130 cm³/mol. The van der Waals surface area contributed by atoms with Crippen molar-refractivity contribution in [3.63, 3.8) is 0 Å². The van der Waals surface area contributed by atoms with Gasteiger partial charge in [0, 0.05) is 19.0 Å². The quantitative estimate of drug-likeness (QED) is 0.530. The summed E-state index contributed by atoms with van der Waals surface area (Å²) in [4.78, 5) is 48.9. The largest absolute Gasteiger partial charge is 0.369 e. The van der Waals surface area contributed by atoms with E-state index in [1.807, 2.05) is 25.7 Å². The zero-order chi connectivity index (χ0) is 25.5. The molecule has 3 amide bonds. The Balaban J connectivity index is 1.59. The highest BCUT2D eigenvalue weighted by Gasteiger charge is 2.66. The van der Waals surface area contributed by atoms with Crippen LogP contribution in [-0.2, 0) is 14.4 Å². The molecule has 0 radical (unpaired) electrons. The van der Waals surface area contributed by atoms with Crippen LogP contribution in [0.15, 0.2) is 18.2 Å². The fourth-order valence-corrected chi connectivity index (χ4v) is 5.86. The number of amides is 3. The van der Waals surface area contributed by atoms with Gasteiger partial charge in [-0.1, -0.05) is 19.9 Å². The summed E-state index contributed by atoms with van der Waals surface area (Å²) in [5.41, 5.74) is 5.57. The van der Waals surface area contributed by atoms with E-state index >= 15 is 0 Å². The number of hydrogen-bond acceptors (Lipinski definition) is 4. The Labute approximate surface area is 205 Å². The SMILES string of the molecule is CC(C)C1CC1(C(N)=O)[C@H](CC(=O)N1CCCC[C@@H]1C)C(=O)N[C@@H](C)c1nc2c(F)cccc2[nH]1. The van der Waals surface area contributed by atoms with Crippen LogP contribution in [0.3, 0.4) is 0 Å². The van der Waals surface area contributed by atoms with Gasteiger partial charge in [-0.2, -0.15) is 0 Å². The zero-order valence-electron chi connectivity index (χ0n) is 20.9. The van der Waals surface area contributed by atoms with Crippen molar-refractivity contribution in [3.8, 4) is 0 Å². The van der Waals surface area contributed by atoms with Crippen molar-refractivity contribution in [1.29, 1.82) is 0 Å². The number of primary amides is 1. The molecule has 2 fully saturated rings. The molecule has 4 N–H and O–H groups in total. The molecule has 1 aromatic heterocycles. The Morgan fingerprint density at radius 2 is 2.03 bits per heavy atom. The summed E-state index contributed by atoms with van der Waals surface area (Å²) in [6, 6.07) is 4.15. The van der Waals surface area contributed by atoms with E-state index in [9.17, 15) is 18.8 Å². The lowest BCUT2D eigenvalue weighted by Gasteiger charge is -2.35. The Bertz CT molecular complexity index is 1130. The summed E-state index contributed by atoms with van der Waals surface area (Å²) < 4.78 is 14.1. The second kappa shape index (κ2) is 9.59. The molecule has 8 nitrogen and oxygen atoms in total. The fraction of sp³-hybridized carbons (Fsp3) is 0.615. The summed E-state index contributed by atoms with van der Waals surface area (Å²) in [6.07, 6.45) is 3.36. The van der Waals surface area contributed by atoms with Crippen molar-refractivity contribution < 1.29 is 18.8 Å². The minimum absolute atomic E-state index is 0.0575. The normalized spacial score (nSPS) is 25.9. The number of piperidine rings is 1. The first-order chi connectivity index (χ1) is 16.6. The summed E-state index contributed by atoms with van der Waals surface area (Å²) in [5.74, 6) is -1.89. The molecule has 0 bridgehead atoms. The molecule has 5 atom stereocenters. The first-order valence-electron chi connectivity index (χ1n) is 12.6. The van der Waals surface area contributed by atoms with Crippen LogP contribution < -0.4 is 11.1 Å². The third-order valence-electron chi connectivity index (χ3n) is 8.01. The summed E-state index contributed by atoms with van der Waals surface area (Å²) in [5, 5.41) is 2.92. The number of benzene rings is 1. The van der Waals surface area contributed by atoms with Gasteiger partial charge in [0.2, 0.25) is 17.7 Å². The Morgan fingerprint density at radius 3 is 2.63 bits per heavy atom. The van der Waals surface area contributed by atoms with Gasteiger partial charge in [0.1, 0.15) is 11.3 Å². The van der Waals surface area contributed by atoms with E-state index in [0.29, 0.717) is 24.3 Å². The van der Waals surface area contributed by atoms with E-state index in [1.165, 1.54) is 6.07 Å². The number of nitrogens with one attached hydrogen (secondary N) is 2. The Hall–Kier alpha value is -2.97. The molecule has 2 unspecified atom stereocenters. The molecule has 35 heavy (non-hydrogen) atoms. The number of rotatable bonds is 8. The molecule has 2 heterocycles. The molecular weight excluding hydrogens is 449 g/mol. The predicted octanol–water partition coefficient (Wildman–Crippen LogP) is 3.43. The molecular formula is C26H36FN5O3. The Kier molecular flexibility index (Phi) is 6.88. The van der Waals surface area contributed by atoms with Gasteiger partial charge in [-0.15, -0.1) is 0 Å². The van der Waals surface area contributed by atoms with E-state index in [-0.39, 0.29) is 35.7 Å². The number of aromatic amines is 1. The molecule has 0 spiro atoms. The monoisotopic (exact) mass is 485 g/mol. The maximum absolute atomic E-state index is 14.1. The van der Waals surface area contributed by atoms with Crippen LogP contribution in [0.25, 0.3) is 11.0 Å². The highest BCUT2D eigenvalue weighted by Crippen LogP contribution is 2.62. The number of H-pyrrole nitrogens is 1. The smallest absolute Gasteiger partial charge is 0.225 e. The van der Waals surface area contributed by atoms with Gasteiger partial charge < -0.3 is 20.9 Å². The Morgan fingerprint density at radius 1 is 1.29 bits per heavy atom. The van der Waals surface area contributed by atoms with Gasteiger partial charge in [-0.25, -0.2) is 9.37 Å². The third-order valence-corrected chi connectivity index (χ3v) is 8.01. The number of para-hydroxylation sites is 1. The first-order valence-corrected chi connectivity index (χ1v) is 12.6. The summed E-state index contributed by atoms with van der Waals surface area (Å²) in [6.45, 7) is 8.43. The lowest BCUT2D eigenvalue weighted by molar-refractivity contribution is -0.143. The van der Waals surface area contributed by atoms with Crippen molar-refractivity contribution in [3.05, 3.63) is 29.8 Å². The lowest BCUT2D eigenvalue weighted by Crippen LogP contribution is -2.48. The molecule has 1 saturated carbocycles. The number of likely N-dealkylation sites (tertiary alicyclic amines) is 1. The van der Waals surface area contributed by atoms with Gasteiger partial charge in [-0.3, -0.25) is 14.4 Å².